The molecule has 0 aliphatic rings. The fourth-order valence-corrected chi connectivity index (χ4v) is 2.92. The molecule has 1 aromatic carbocycles. The minimum absolute atomic E-state index is 0.0153. The Balaban J connectivity index is 2.55. The van der Waals surface area contributed by atoms with Gasteiger partial charge in [-0.25, -0.2) is 12.8 Å². The van der Waals surface area contributed by atoms with Crippen LogP contribution in [0.15, 0.2) is 24.3 Å². The summed E-state index contributed by atoms with van der Waals surface area (Å²) in [5.41, 5.74) is 0.393. The molecule has 1 aromatic rings. The molecule has 0 bridgehead atoms. The third-order valence-electron chi connectivity index (χ3n) is 2.37. The van der Waals surface area contributed by atoms with Crippen LogP contribution in [0.2, 0.25) is 0 Å². The van der Waals surface area contributed by atoms with Gasteiger partial charge in [0.05, 0.1) is 11.5 Å². The number of nitrogens with one attached hydrogen (secondary N) is 1. The highest BCUT2D eigenvalue weighted by Gasteiger charge is 2.15. The van der Waals surface area contributed by atoms with Gasteiger partial charge in [-0.2, -0.15) is 0 Å². The maximum atomic E-state index is 12.9. The molecule has 0 unspecified atom stereocenters. The second-order valence-corrected chi connectivity index (χ2v) is 6.88. The molecule has 0 radical (unpaired) electrons. The highest BCUT2D eigenvalue weighted by Crippen LogP contribution is 2.09. The van der Waals surface area contributed by atoms with E-state index >= 15 is 0 Å². The standard InChI is InChI=1S/C13H18FNO3S/c1-10(2)15-13(16)6-7-19(17,18)9-11-4-3-5-12(14)8-11/h3-5,8,10H,6-7,9H2,1-2H3,(H,15,16). The number of amides is 1. The van der Waals surface area contributed by atoms with E-state index in [0.29, 0.717) is 5.56 Å². The van der Waals surface area contributed by atoms with Gasteiger partial charge in [0.2, 0.25) is 5.91 Å². The summed E-state index contributed by atoms with van der Waals surface area (Å²) in [7, 11) is -3.41. The second-order valence-electron chi connectivity index (χ2n) is 4.69. The van der Waals surface area contributed by atoms with E-state index in [9.17, 15) is 17.6 Å². The second kappa shape index (κ2) is 6.65. The van der Waals surface area contributed by atoms with Crippen LogP contribution < -0.4 is 5.32 Å². The van der Waals surface area contributed by atoms with Crippen molar-refractivity contribution < 1.29 is 17.6 Å². The summed E-state index contributed by atoms with van der Waals surface area (Å²) in [4.78, 5) is 11.4. The molecule has 6 heteroatoms. The average molecular weight is 287 g/mol. The summed E-state index contributed by atoms with van der Waals surface area (Å²) < 4.78 is 36.5. The molecule has 0 saturated heterocycles. The Bertz CT molecular complexity index is 541. The topological polar surface area (TPSA) is 63.2 Å². The van der Waals surface area contributed by atoms with E-state index in [1.165, 1.54) is 18.2 Å². The number of halogens is 1. The number of carbonyl (C=O) groups is 1. The summed E-state index contributed by atoms with van der Waals surface area (Å²) in [5.74, 6) is -1.25. The fourth-order valence-electron chi connectivity index (χ4n) is 1.60. The van der Waals surface area contributed by atoms with Gasteiger partial charge in [0, 0.05) is 12.5 Å². The van der Waals surface area contributed by atoms with Crippen LogP contribution in [0.3, 0.4) is 0 Å². The van der Waals surface area contributed by atoms with E-state index < -0.39 is 15.7 Å². The summed E-state index contributed by atoms with van der Waals surface area (Å²) in [6.07, 6.45) is -0.0736. The minimum Gasteiger partial charge on any atom is -0.354 e. The third-order valence-corrected chi connectivity index (χ3v) is 3.96. The average Bonchev–Trinajstić information content (AvgIpc) is 2.25. The van der Waals surface area contributed by atoms with Crippen molar-refractivity contribution in [3.05, 3.63) is 35.6 Å². The number of hydrogen-bond acceptors (Lipinski definition) is 3. The van der Waals surface area contributed by atoms with Crippen LogP contribution in [0.4, 0.5) is 4.39 Å². The van der Waals surface area contributed by atoms with Crippen LogP contribution in [0.25, 0.3) is 0 Å². The Morgan fingerprint density at radius 1 is 1.37 bits per heavy atom. The van der Waals surface area contributed by atoms with Gasteiger partial charge in [0.15, 0.2) is 9.84 Å². The summed E-state index contributed by atoms with van der Waals surface area (Å²) in [6.45, 7) is 3.61. The molecule has 0 aromatic heterocycles. The Morgan fingerprint density at radius 3 is 2.63 bits per heavy atom. The van der Waals surface area contributed by atoms with Crippen molar-refractivity contribution in [1.82, 2.24) is 5.32 Å². The van der Waals surface area contributed by atoms with Crippen LogP contribution in [0.1, 0.15) is 25.8 Å². The molecular weight excluding hydrogens is 269 g/mol. The predicted octanol–water partition coefficient (Wildman–Crippen LogP) is 1.66. The van der Waals surface area contributed by atoms with Crippen molar-refractivity contribution in [1.29, 1.82) is 0 Å². The first-order valence-corrected chi connectivity index (χ1v) is 7.85. The zero-order chi connectivity index (χ0) is 14.5. The quantitative estimate of drug-likeness (QED) is 0.865. The van der Waals surface area contributed by atoms with E-state index in [2.05, 4.69) is 5.32 Å². The SMILES string of the molecule is CC(C)NC(=O)CCS(=O)(=O)Cc1cccc(F)c1. The first-order chi connectivity index (χ1) is 8.78. The molecule has 19 heavy (non-hydrogen) atoms. The Morgan fingerprint density at radius 2 is 2.05 bits per heavy atom. The number of rotatable bonds is 6. The van der Waals surface area contributed by atoms with Gasteiger partial charge in [0.1, 0.15) is 5.82 Å². The highest BCUT2D eigenvalue weighted by atomic mass is 32.2. The minimum atomic E-state index is -3.41. The fraction of sp³-hybridized carbons (Fsp3) is 0.462. The lowest BCUT2D eigenvalue weighted by molar-refractivity contribution is -0.121. The van der Waals surface area contributed by atoms with Crippen LogP contribution in [-0.4, -0.2) is 26.1 Å². The smallest absolute Gasteiger partial charge is 0.221 e. The zero-order valence-electron chi connectivity index (χ0n) is 11.0. The highest BCUT2D eigenvalue weighted by molar-refractivity contribution is 7.90. The lowest BCUT2D eigenvalue weighted by atomic mass is 10.2. The number of benzene rings is 1. The van der Waals surface area contributed by atoms with Gasteiger partial charge >= 0.3 is 0 Å². The number of carbonyl (C=O) groups excluding carboxylic acids is 1. The third kappa shape index (κ3) is 6.33. The molecule has 0 fully saturated rings. The molecule has 1 N–H and O–H groups in total. The molecule has 0 aliphatic carbocycles. The molecule has 0 atom stereocenters. The largest absolute Gasteiger partial charge is 0.354 e. The van der Waals surface area contributed by atoms with E-state index in [-0.39, 0.29) is 29.9 Å². The van der Waals surface area contributed by atoms with Crippen LogP contribution in [-0.2, 0) is 20.4 Å². The van der Waals surface area contributed by atoms with Gasteiger partial charge in [-0.05, 0) is 31.5 Å². The molecule has 1 amide bonds. The Labute approximate surface area is 112 Å². The zero-order valence-corrected chi connectivity index (χ0v) is 11.8. The molecule has 0 heterocycles. The Kier molecular flexibility index (Phi) is 5.47. The molecule has 4 nitrogen and oxygen atoms in total. The lowest BCUT2D eigenvalue weighted by Gasteiger charge is -2.08. The van der Waals surface area contributed by atoms with E-state index in [0.717, 1.165) is 0 Å². The first-order valence-electron chi connectivity index (χ1n) is 6.03. The van der Waals surface area contributed by atoms with Gasteiger partial charge < -0.3 is 5.32 Å². The monoisotopic (exact) mass is 287 g/mol. The van der Waals surface area contributed by atoms with E-state index in [1.54, 1.807) is 19.9 Å². The van der Waals surface area contributed by atoms with Gasteiger partial charge in [-0.3, -0.25) is 4.79 Å². The van der Waals surface area contributed by atoms with Gasteiger partial charge in [0.25, 0.3) is 0 Å². The molecule has 0 spiro atoms. The van der Waals surface area contributed by atoms with Crippen molar-refractivity contribution in [2.24, 2.45) is 0 Å². The molecule has 0 saturated carbocycles. The maximum Gasteiger partial charge on any atom is 0.221 e. The molecule has 0 aliphatic heterocycles. The molecular formula is C13H18FNO3S. The van der Waals surface area contributed by atoms with Crippen molar-refractivity contribution in [2.75, 3.05) is 5.75 Å². The van der Waals surface area contributed by atoms with Crippen molar-refractivity contribution in [3.8, 4) is 0 Å². The first kappa shape index (κ1) is 15.6. The van der Waals surface area contributed by atoms with Crippen molar-refractivity contribution in [3.63, 3.8) is 0 Å². The Hall–Kier alpha value is -1.43. The summed E-state index contributed by atoms with van der Waals surface area (Å²) >= 11 is 0. The van der Waals surface area contributed by atoms with Crippen LogP contribution in [0.5, 0.6) is 0 Å². The maximum absolute atomic E-state index is 12.9. The molecule has 1 rings (SSSR count). The van der Waals surface area contributed by atoms with Gasteiger partial charge in [-0.1, -0.05) is 12.1 Å². The van der Waals surface area contributed by atoms with Crippen molar-refractivity contribution in [2.45, 2.75) is 32.1 Å². The predicted molar refractivity (Wildman–Crippen MR) is 71.8 cm³/mol. The van der Waals surface area contributed by atoms with Crippen LogP contribution in [0, 0.1) is 5.82 Å². The molecule has 106 valence electrons. The van der Waals surface area contributed by atoms with Crippen molar-refractivity contribution >= 4 is 15.7 Å². The van der Waals surface area contributed by atoms with Crippen LogP contribution >= 0.6 is 0 Å². The van der Waals surface area contributed by atoms with E-state index in [1.807, 2.05) is 0 Å². The number of sulfone groups is 1. The summed E-state index contributed by atoms with van der Waals surface area (Å²) in [5, 5.41) is 2.62. The van der Waals surface area contributed by atoms with Gasteiger partial charge in [-0.15, -0.1) is 0 Å². The number of hydrogen-bond donors (Lipinski definition) is 1. The lowest BCUT2D eigenvalue weighted by Crippen LogP contribution is -2.31. The summed E-state index contributed by atoms with van der Waals surface area (Å²) in [6, 6.07) is 5.44. The normalized spacial score (nSPS) is 11.6. The van der Waals surface area contributed by atoms with E-state index in [4.69, 9.17) is 0 Å².